The van der Waals surface area contributed by atoms with E-state index in [1.165, 1.54) is 4.90 Å². The van der Waals surface area contributed by atoms with Gasteiger partial charge in [0.05, 0.1) is 11.9 Å². The zero-order valence-electron chi connectivity index (χ0n) is 20.4. The highest BCUT2D eigenvalue weighted by atomic mass is 79.9. The quantitative estimate of drug-likeness (QED) is 0.451. The monoisotopic (exact) mass is 551 g/mol. The molecule has 7 nitrogen and oxygen atoms in total. The lowest BCUT2D eigenvalue weighted by Gasteiger charge is -2.31. The first kappa shape index (κ1) is 27.9. The predicted molar refractivity (Wildman–Crippen MR) is 140 cm³/mol. The van der Waals surface area contributed by atoms with Crippen LogP contribution in [0.4, 0.5) is 5.69 Å². The molecule has 0 spiro atoms. The van der Waals surface area contributed by atoms with Gasteiger partial charge in [-0.15, -0.1) is 0 Å². The number of nitrogens with one attached hydrogen (secondary N) is 1. The van der Waals surface area contributed by atoms with Crippen molar-refractivity contribution in [3.05, 3.63) is 64.1 Å². The first-order valence-electron chi connectivity index (χ1n) is 11.3. The van der Waals surface area contributed by atoms with Crippen LogP contribution in [0.3, 0.4) is 0 Å². The van der Waals surface area contributed by atoms with Gasteiger partial charge in [0.1, 0.15) is 12.6 Å². The zero-order valence-corrected chi connectivity index (χ0v) is 22.8. The molecule has 1 N–H and O–H groups in total. The summed E-state index contributed by atoms with van der Waals surface area (Å²) in [5.41, 5.74) is 2.30. The van der Waals surface area contributed by atoms with Crippen molar-refractivity contribution in [2.45, 2.75) is 52.6 Å². The minimum atomic E-state index is -3.74. The second-order valence-electron chi connectivity index (χ2n) is 8.63. The summed E-state index contributed by atoms with van der Waals surface area (Å²) in [4.78, 5) is 27.6. The van der Waals surface area contributed by atoms with Crippen molar-refractivity contribution < 1.29 is 18.0 Å². The van der Waals surface area contributed by atoms with Crippen molar-refractivity contribution in [1.82, 2.24) is 10.2 Å². The minimum absolute atomic E-state index is 0.170. The number of rotatable bonds is 11. The smallest absolute Gasteiger partial charge is 0.244 e. The molecule has 0 fully saturated rings. The summed E-state index contributed by atoms with van der Waals surface area (Å²) in [7, 11) is -3.74. The molecule has 1 atom stereocenters. The van der Waals surface area contributed by atoms with Crippen molar-refractivity contribution >= 4 is 43.5 Å². The van der Waals surface area contributed by atoms with E-state index in [9.17, 15) is 18.0 Å². The molecule has 2 rings (SSSR count). The van der Waals surface area contributed by atoms with E-state index < -0.39 is 28.5 Å². The van der Waals surface area contributed by atoms with Crippen LogP contribution in [-0.4, -0.2) is 50.5 Å². The molecular formula is C25H34BrN3O4S. The molecule has 0 saturated carbocycles. The highest BCUT2D eigenvalue weighted by Gasteiger charge is 2.30. The summed E-state index contributed by atoms with van der Waals surface area (Å²) >= 11 is 3.43. The standard InChI is InChI=1S/C25H34BrN3O4S/c1-6-14-27-25(31)19(4)28(16-20-8-7-9-22(26)15-20)24(30)17-29(34(5,32)33)23-12-10-21(11-13-23)18(2)3/h7-13,15,18-19H,6,14,16-17H2,1-5H3,(H,27,31). The topological polar surface area (TPSA) is 86.8 Å². The Kier molecular flexibility index (Phi) is 10.1. The predicted octanol–water partition coefficient (Wildman–Crippen LogP) is 4.28. The molecule has 1 unspecified atom stereocenters. The molecule has 2 aromatic rings. The number of halogens is 1. The highest BCUT2D eigenvalue weighted by molar-refractivity contribution is 9.10. The molecule has 9 heteroatoms. The molecule has 0 aliphatic carbocycles. The van der Waals surface area contributed by atoms with Crippen LogP contribution in [-0.2, 0) is 26.2 Å². The van der Waals surface area contributed by atoms with Gasteiger partial charge in [-0.05, 0) is 54.7 Å². The molecule has 0 heterocycles. The van der Waals surface area contributed by atoms with E-state index in [0.29, 0.717) is 18.2 Å². The average molecular weight is 553 g/mol. The highest BCUT2D eigenvalue weighted by Crippen LogP contribution is 2.23. The van der Waals surface area contributed by atoms with Crippen molar-refractivity contribution in [2.24, 2.45) is 0 Å². The number of anilines is 1. The molecule has 186 valence electrons. The maximum Gasteiger partial charge on any atom is 0.244 e. The third-order valence-electron chi connectivity index (χ3n) is 5.49. The maximum atomic E-state index is 13.5. The molecule has 0 aliphatic rings. The average Bonchev–Trinajstić information content (AvgIpc) is 2.78. The fourth-order valence-electron chi connectivity index (χ4n) is 3.45. The van der Waals surface area contributed by atoms with Gasteiger partial charge in [-0.3, -0.25) is 13.9 Å². The Balaban J connectivity index is 2.37. The number of sulfonamides is 1. The molecule has 34 heavy (non-hydrogen) atoms. The van der Waals surface area contributed by atoms with Gasteiger partial charge in [-0.2, -0.15) is 0 Å². The molecule has 2 amide bonds. The number of hydrogen-bond acceptors (Lipinski definition) is 4. The summed E-state index contributed by atoms with van der Waals surface area (Å²) in [6.45, 7) is 7.98. The number of nitrogens with zero attached hydrogens (tertiary/aromatic N) is 2. The molecule has 0 aliphatic heterocycles. The molecule has 0 radical (unpaired) electrons. The van der Waals surface area contributed by atoms with Gasteiger partial charge >= 0.3 is 0 Å². The molecule has 0 saturated heterocycles. The van der Waals surface area contributed by atoms with Crippen molar-refractivity contribution in [1.29, 1.82) is 0 Å². The first-order valence-corrected chi connectivity index (χ1v) is 14.0. The summed E-state index contributed by atoms with van der Waals surface area (Å²) < 4.78 is 27.2. The van der Waals surface area contributed by atoms with E-state index in [1.54, 1.807) is 19.1 Å². The largest absolute Gasteiger partial charge is 0.354 e. The fraction of sp³-hybridized carbons (Fsp3) is 0.440. The summed E-state index contributed by atoms with van der Waals surface area (Å²) in [5, 5.41) is 2.82. The van der Waals surface area contributed by atoms with Crippen molar-refractivity contribution in [3.8, 4) is 0 Å². The molecule has 2 aromatic carbocycles. The van der Waals surface area contributed by atoms with E-state index in [2.05, 4.69) is 35.1 Å². The lowest BCUT2D eigenvalue weighted by molar-refractivity contribution is -0.139. The fourth-order valence-corrected chi connectivity index (χ4v) is 4.75. The summed E-state index contributed by atoms with van der Waals surface area (Å²) in [5.74, 6) is -0.444. The Morgan fingerprint density at radius 3 is 2.24 bits per heavy atom. The van der Waals surface area contributed by atoms with Gasteiger partial charge in [-0.1, -0.05) is 61.0 Å². The van der Waals surface area contributed by atoms with Gasteiger partial charge in [0, 0.05) is 17.6 Å². The van der Waals surface area contributed by atoms with Crippen LogP contribution in [0.2, 0.25) is 0 Å². The van der Waals surface area contributed by atoms with E-state index in [-0.39, 0.29) is 12.5 Å². The number of amides is 2. The third-order valence-corrected chi connectivity index (χ3v) is 7.12. The van der Waals surface area contributed by atoms with Crippen LogP contribution >= 0.6 is 15.9 Å². The molecular weight excluding hydrogens is 518 g/mol. The van der Waals surface area contributed by atoms with Gasteiger partial charge < -0.3 is 10.2 Å². The first-order chi connectivity index (χ1) is 15.9. The van der Waals surface area contributed by atoms with Gasteiger partial charge in [0.15, 0.2) is 0 Å². The normalized spacial score (nSPS) is 12.3. The Bertz CT molecular complexity index is 1090. The molecule has 0 bridgehead atoms. The maximum absolute atomic E-state index is 13.5. The van der Waals surface area contributed by atoms with Gasteiger partial charge in [0.25, 0.3) is 0 Å². The number of carbonyl (C=O) groups is 2. The zero-order chi connectivity index (χ0) is 25.5. The Labute approximate surface area is 211 Å². The van der Waals surface area contributed by atoms with Crippen LogP contribution in [0.25, 0.3) is 0 Å². The second-order valence-corrected chi connectivity index (χ2v) is 11.5. The van der Waals surface area contributed by atoms with Crippen molar-refractivity contribution in [2.75, 3.05) is 23.7 Å². The van der Waals surface area contributed by atoms with Crippen LogP contribution in [0.5, 0.6) is 0 Å². The number of benzene rings is 2. The van der Waals surface area contributed by atoms with Crippen LogP contribution in [0.1, 0.15) is 51.2 Å². The second kappa shape index (κ2) is 12.4. The molecule has 0 aromatic heterocycles. The Morgan fingerprint density at radius 2 is 1.71 bits per heavy atom. The summed E-state index contributed by atoms with van der Waals surface area (Å²) in [6, 6.07) is 13.8. The SMILES string of the molecule is CCCNC(=O)C(C)N(Cc1cccc(Br)c1)C(=O)CN(c1ccc(C(C)C)cc1)S(C)(=O)=O. The number of hydrogen-bond donors (Lipinski definition) is 1. The van der Waals surface area contributed by atoms with Gasteiger partial charge in [0.2, 0.25) is 21.8 Å². The lowest BCUT2D eigenvalue weighted by atomic mass is 10.0. The Hall–Kier alpha value is -2.39. The lowest BCUT2D eigenvalue weighted by Crippen LogP contribution is -2.51. The van der Waals surface area contributed by atoms with E-state index in [1.807, 2.05) is 43.3 Å². The minimum Gasteiger partial charge on any atom is -0.354 e. The van der Waals surface area contributed by atoms with Crippen LogP contribution in [0, 0.1) is 0 Å². The van der Waals surface area contributed by atoms with Crippen LogP contribution in [0.15, 0.2) is 53.0 Å². The third kappa shape index (κ3) is 7.84. The van der Waals surface area contributed by atoms with Crippen LogP contribution < -0.4 is 9.62 Å². The van der Waals surface area contributed by atoms with Crippen molar-refractivity contribution in [3.63, 3.8) is 0 Å². The van der Waals surface area contributed by atoms with E-state index in [4.69, 9.17) is 0 Å². The van der Waals surface area contributed by atoms with E-state index in [0.717, 1.165) is 32.6 Å². The van der Waals surface area contributed by atoms with E-state index >= 15 is 0 Å². The van der Waals surface area contributed by atoms with Gasteiger partial charge in [-0.25, -0.2) is 8.42 Å². The number of carbonyl (C=O) groups excluding carboxylic acids is 2. The Morgan fingerprint density at radius 1 is 1.06 bits per heavy atom. The summed E-state index contributed by atoms with van der Waals surface area (Å²) in [6.07, 6.45) is 1.85.